The van der Waals surface area contributed by atoms with E-state index in [1.807, 2.05) is 0 Å². The summed E-state index contributed by atoms with van der Waals surface area (Å²) in [5.41, 5.74) is 0.577. The van der Waals surface area contributed by atoms with Gasteiger partial charge in [0.2, 0.25) is 0 Å². The number of hydrogen-bond acceptors (Lipinski definition) is 4. The van der Waals surface area contributed by atoms with Crippen LogP contribution < -0.4 is 0 Å². The van der Waals surface area contributed by atoms with Gasteiger partial charge in [0.15, 0.2) is 0 Å². The Balaban J connectivity index is 1.71. The number of hydrogen-bond donors (Lipinski definition) is 1. The molecule has 134 valence electrons. The van der Waals surface area contributed by atoms with Gasteiger partial charge in [-0.05, 0) is 71.3 Å². The standard InChI is InChI=1S/C18H30BNO4/c1-12-11-13(19-23-17(2,3)18(4,5)24-19)8-9-14(12)20-10-6-7-15(20)16(21)22/h8,12,14-15H,6-7,9-11H2,1-5H3,(H,21,22)/t12?,14?,15-/m0/s1. The Morgan fingerprint density at radius 2 is 1.92 bits per heavy atom. The van der Waals surface area contributed by atoms with Gasteiger partial charge in [0.1, 0.15) is 6.04 Å². The first kappa shape index (κ1) is 18.0. The summed E-state index contributed by atoms with van der Waals surface area (Å²) in [7, 11) is -0.271. The van der Waals surface area contributed by atoms with Crippen LogP contribution in [0.5, 0.6) is 0 Å². The maximum absolute atomic E-state index is 11.5. The maximum Gasteiger partial charge on any atom is 0.490 e. The van der Waals surface area contributed by atoms with Gasteiger partial charge in [-0.1, -0.05) is 13.0 Å². The van der Waals surface area contributed by atoms with Crippen molar-refractivity contribution in [3.8, 4) is 0 Å². The van der Waals surface area contributed by atoms with Gasteiger partial charge in [-0.25, -0.2) is 0 Å². The topological polar surface area (TPSA) is 59.0 Å². The molecule has 0 aromatic rings. The van der Waals surface area contributed by atoms with Crippen molar-refractivity contribution >= 4 is 13.1 Å². The summed E-state index contributed by atoms with van der Waals surface area (Å²) in [5.74, 6) is -0.274. The molecule has 0 radical (unpaired) electrons. The van der Waals surface area contributed by atoms with E-state index in [1.54, 1.807) is 0 Å². The van der Waals surface area contributed by atoms with E-state index < -0.39 is 5.97 Å². The van der Waals surface area contributed by atoms with Crippen LogP contribution in [0.4, 0.5) is 0 Å². The fourth-order valence-corrected chi connectivity index (χ4v) is 4.20. The predicted octanol–water partition coefficient (Wildman–Crippen LogP) is 2.89. The Labute approximate surface area is 145 Å². The first-order valence-electron chi connectivity index (χ1n) is 9.15. The van der Waals surface area contributed by atoms with Gasteiger partial charge in [-0.3, -0.25) is 9.69 Å². The molecule has 0 aromatic heterocycles. The molecule has 24 heavy (non-hydrogen) atoms. The Morgan fingerprint density at radius 1 is 1.29 bits per heavy atom. The van der Waals surface area contributed by atoms with Crippen molar-refractivity contribution in [3.05, 3.63) is 11.5 Å². The number of likely N-dealkylation sites (tertiary alicyclic amines) is 1. The second kappa shape index (κ2) is 6.15. The number of rotatable bonds is 3. The minimum absolute atomic E-state index is 0.271. The lowest BCUT2D eigenvalue weighted by atomic mass is 9.68. The van der Waals surface area contributed by atoms with Crippen molar-refractivity contribution in [2.75, 3.05) is 6.54 Å². The molecule has 2 aliphatic heterocycles. The number of allylic oxidation sites excluding steroid dienone is 1. The van der Waals surface area contributed by atoms with Crippen LogP contribution in [0.15, 0.2) is 11.5 Å². The fraction of sp³-hybridized carbons (Fsp3) is 0.833. The van der Waals surface area contributed by atoms with Crippen LogP contribution in [-0.2, 0) is 14.1 Å². The molecular formula is C18H30BNO4. The molecule has 2 fully saturated rings. The normalized spacial score (nSPS) is 36.0. The molecule has 0 saturated carbocycles. The highest BCUT2D eigenvalue weighted by Crippen LogP contribution is 2.41. The highest BCUT2D eigenvalue weighted by atomic mass is 16.7. The lowest BCUT2D eigenvalue weighted by Crippen LogP contribution is -2.47. The minimum Gasteiger partial charge on any atom is -0.480 e. The third-order valence-electron chi connectivity index (χ3n) is 6.40. The first-order valence-corrected chi connectivity index (χ1v) is 9.15. The average molecular weight is 335 g/mol. The number of aliphatic carboxylic acids is 1. The maximum atomic E-state index is 11.5. The summed E-state index contributed by atoms with van der Waals surface area (Å²) in [6.07, 6.45) is 5.76. The van der Waals surface area contributed by atoms with E-state index in [0.29, 0.717) is 12.0 Å². The van der Waals surface area contributed by atoms with Crippen LogP contribution in [-0.4, -0.2) is 52.9 Å². The van der Waals surface area contributed by atoms with Crippen molar-refractivity contribution in [1.29, 1.82) is 0 Å². The van der Waals surface area contributed by atoms with Gasteiger partial charge >= 0.3 is 13.1 Å². The van der Waals surface area contributed by atoms with E-state index in [4.69, 9.17) is 9.31 Å². The summed E-state index contributed by atoms with van der Waals surface area (Å²) in [6, 6.07) is -0.0102. The van der Waals surface area contributed by atoms with E-state index in [9.17, 15) is 9.90 Å². The zero-order chi connectivity index (χ0) is 17.7. The molecule has 0 spiro atoms. The zero-order valence-corrected chi connectivity index (χ0v) is 15.5. The molecule has 6 heteroatoms. The minimum atomic E-state index is -0.680. The molecule has 2 heterocycles. The van der Waals surface area contributed by atoms with Gasteiger partial charge in [-0.15, -0.1) is 0 Å². The Hall–Kier alpha value is -0.845. The predicted molar refractivity (Wildman–Crippen MR) is 93.7 cm³/mol. The molecule has 1 N–H and O–H groups in total. The lowest BCUT2D eigenvalue weighted by Gasteiger charge is -2.38. The largest absolute Gasteiger partial charge is 0.490 e. The van der Waals surface area contributed by atoms with E-state index in [-0.39, 0.29) is 24.4 Å². The molecule has 0 amide bonds. The van der Waals surface area contributed by atoms with Gasteiger partial charge in [0, 0.05) is 6.04 Å². The van der Waals surface area contributed by atoms with Crippen LogP contribution >= 0.6 is 0 Å². The monoisotopic (exact) mass is 335 g/mol. The smallest absolute Gasteiger partial charge is 0.480 e. The highest BCUT2D eigenvalue weighted by molar-refractivity contribution is 6.54. The summed E-state index contributed by atoms with van der Waals surface area (Å²) < 4.78 is 12.3. The van der Waals surface area contributed by atoms with Crippen molar-refractivity contribution in [1.82, 2.24) is 4.90 Å². The van der Waals surface area contributed by atoms with E-state index in [0.717, 1.165) is 32.2 Å². The molecule has 2 saturated heterocycles. The molecule has 1 aliphatic carbocycles. The number of carbonyl (C=O) groups is 1. The molecule has 3 rings (SSSR count). The Morgan fingerprint density at radius 3 is 2.46 bits per heavy atom. The van der Waals surface area contributed by atoms with Gasteiger partial charge in [-0.2, -0.15) is 0 Å². The average Bonchev–Trinajstić information content (AvgIpc) is 3.02. The van der Waals surface area contributed by atoms with Crippen LogP contribution in [0, 0.1) is 5.92 Å². The lowest BCUT2D eigenvalue weighted by molar-refractivity contribution is -0.143. The summed E-state index contributed by atoms with van der Waals surface area (Å²) in [5, 5.41) is 9.44. The van der Waals surface area contributed by atoms with Crippen molar-refractivity contribution < 1.29 is 19.2 Å². The van der Waals surface area contributed by atoms with E-state index in [2.05, 4.69) is 45.6 Å². The zero-order valence-electron chi connectivity index (χ0n) is 15.5. The Kier molecular flexibility index (Phi) is 4.60. The fourth-order valence-electron chi connectivity index (χ4n) is 4.20. The van der Waals surface area contributed by atoms with Crippen molar-refractivity contribution in [2.45, 2.75) is 83.6 Å². The molecule has 0 aromatic carbocycles. The third kappa shape index (κ3) is 3.04. The number of carboxylic acid groups (broad SMARTS) is 1. The molecule has 0 bridgehead atoms. The molecular weight excluding hydrogens is 305 g/mol. The molecule has 5 nitrogen and oxygen atoms in total. The van der Waals surface area contributed by atoms with E-state index >= 15 is 0 Å². The molecule has 2 unspecified atom stereocenters. The van der Waals surface area contributed by atoms with Crippen LogP contribution in [0.1, 0.15) is 60.3 Å². The van der Waals surface area contributed by atoms with Gasteiger partial charge < -0.3 is 14.4 Å². The molecule has 3 aliphatic rings. The van der Waals surface area contributed by atoms with Crippen molar-refractivity contribution in [3.63, 3.8) is 0 Å². The van der Waals surface area contributed by atoms with Gasteiger partial charge in [0.05, 0.1) is 11.2 Å². The SMILES string of the molecule is CC1CC(B2OC(C)(C)C(C)(C)O2)=CCC1N1CCC[C@H]1C(=O)O. The second-order valence-corrected chi connectivity index (χ2v) is 8.59. The third-order valence-corrected chi connectivity index (χ3v) is 6.40. The summed E-state index contributed by atoms with van der Waals surface area (Å²) in [6.45, 7) is 11.4. The van der Waals surface area contributed by atoms with Crippen LogP contribution in [0.2, 0.25) is 0 Å². The highest BCUT2D eigenvalue weighted by Gasteiger charge is 2.53. The van der Waals surface area contributed by atoms with Crippen LogP contribution in [0.3, 0.4) is 0 Å². The van der Waals surface area contributed by atoms with E-state index in [1.165, 1.54) is 5.47 Å². The molecule has 3 atom stereocenters. The van der Waals surface area contributed by atoms with Crippen LogP contribution in [0.25, 0.3) is 0 Å². The quantitative estimate of drug-likeness (QED) is 0.804. The number of carboxylic acids is 1. The summed E-state index contributed by atoms with van der Waals surface area (Å²) >= 11 is 0. The Bertz CT molecular complexity index is 529. The summed E-state index contributed by atoms with van der Waals surface area (Å²) in [4.78, 5) is 13.7. The van der Waals surface area contributed by atoms with Gasteiger partial charge in [0.25, 0.3) is 0 Å². The first-order chi connectivity index (χ1) is 11.1. The van der Waals surface area contributed by atoms with Crippen molar-refractivity contribution in [2.24, 2.45) is 5.92 Å². The second-order valence-electron chi connectivity index (χ2n) is 8.59. The number of nitrogens with zero attached hydrogens (tertiary/aromatic N) is 1.